The van der Waals surface area contributed by atoms with Crippen LogP contribution in [0.5, 0.6) is 0 Å². The van der Waals surface area contributed by atoms with Gasteiger partial charge in [0.05, 0.1) is 0 Å². The fourth-order valence-electron chi connectivity index (χ4n) is 0.408. The van der Waals surface area contributed by atoms with Crippen LogP contribution in [0, 0.1) is 0 Å². The van der Waals surface area contributed by atoms with Crippen LogP contribution >= 0.6 is 12.4 Å². The summed E-state index contributed by atoms with van der Waals surface area (Å²) in [4.78, 5) is 30.4. The Hall–Kier alpha value is -0.780. The number of hydrogen-bond donors (Lipinski definition) is 1. The highest BCUT2D eigenvalue weighted by Crippen LogP contribution is 1.91. The number of ketones is 2. The van der Waals surface area contributed by atoms with Crippen molar-refractivity contribution in [2.24, 2.45) is 0 Å². The van der Waals surface area contributed by atoms with Gasteiger partial charge >= 0.3 is 0 Å². The number of nitrogens with zero attached hydrogens (tertiary/aromatic N) is 1. The lowest BCUT2D eigenvalue weighted by Gasteiger charge is -1.99. The zero-order valence-corrected chi connectivity index (χ0v) is 7.21. The zero-order valence-electron chi connectivity index (χ0n) is 6.39. The minimum atomic E-state index is -1.32. The molecule has 0 aliphatic heterocycles. The van der Waals surface area contributed by atoms with Crippen LogP contribution in [0.2, 0.25) is 0 Å². The van der Waals surface area contributed by atoms with Crippen LogP contribution in [-0.4, -0.2) is 29.1 Å². The molecule has 1 unspecified atom stereocenters. The van der Waals surface area contributed by atoms with Crippen LogP contribution < -0.4 is 6.15 Å². The van der Waals surface area contributed by atoms with E-state index in [0.29, 0.717) is 0 Å². The third-order valence-corrected chi connectivity index (χ3v) is 1.04. The van der Waals surface area contributed by atoms with E-state index in [4.69, 9.17) is 5.11 Å². The molecule has 0 bridgehead atoms. The lowest BCUT2D eigenvalue weighted by Crippen LogP contribution is -2.28. The highest BCUT2D eigenvalue weighted by Gasteiger charge is 2.19. The van der Waals surface area contributed by atoms with Gasteiger partial charge in [0.15, 0.2) is 6.29 Å². The summed E-state index contributed by atoms with van der Waals surface area (Å²) >= 11 is 0. The molecule has 0 aromatic rings. The maximum absolute atomic E-state index is 10.5. The van der Waals surface area contributed by atoms with E-state index in [0.717, 1.165) is 0 Å². The van der Waals surface area contributed by atoms with E-state index in [1.54, 1.807) is 6.92 Å². The number of aliphatic hydroxyl groups is 1. The van der Waals surface area contributed by atoms with Crippen LogP contribution in [0.1, 0.15) is 13.3 Å². The SMILES string of the molecule is CCC(O)C(=O)C(=O)C=O.Cl.[N]. The summed E-state index contributed by atoms with van der Waals surface area (Å²) in [5.41, 5.74) is 0. The van der Waals surface area contributed by atoms with Crippen molar-refractivity contribution in [2.75, 3.05) is 0 Å². The minimum absolute atomic E-state index is 0. The minimum Gasteiger partial charge on any atom is -0.385 e. The number of Topliss-reactive ketones (excluding diaryl/α,β-unsaturated/α-hetero) is 2. The Morgan fingerprint density at radius 2 is 1.92 bits per heavy atom. The Kier molecular flexibility index (Phi) is 12.0. The summed E-state index contributed by atoms with van der Waals surface area (Å²) in [6, 6.07) is 0. The molecule has 0 aliphatic carbocycles. The lowest BCUT2D eigenvalue weighted by atomic mass is 10.1. The van der Waals surface area contributed by atoms with Crippen molar-refractivity contribution < 1.29 is 19.5 Å². The van der Waals surface area contributed by atoms with Crippen molar-refractivity contribution >= 4 is 30.3 Å². The first kappa shape index (κ1) is 17.3. The monoisotopic (exact) mass is 194 g/mol. The molecule has 0 saturated heterocycles. The van der Waals surface area contributed by atoms with Gasteiger partial charge in [-0.1, -0.05) is 6.92 Å². The van der Waals surface area contributed by atoms with Crippen LogP contribution in [0.3, 0.4) is 0 Å². The van der Waals surface area contributed by atoms with E-state index in [1.807, 2.05) is 0 Å². The van der Waals surface area contributed by atoms with Crippen molar-refractivity contribution in [2.45, 2.75) is 19.4 Å². The van der Waals surface area contributed by atoms with Crippen molar-refractivity contribution in [3.63, 3.8) is 0 Å². The molecule has 0 rings (SSSR count). The molecular formula is C6H9ClNO4. The van der Waals surface area contributed by atoms with Crippen molar-refractivity contribution in [3.8, 4) is 0 Å². The number of carbonyl (C=O) groups is 3. The average Bonchev–Trinajstić information content (AvgIpc) is 2.00. The van der Waals surface area contributed by atoms with E-state index in [9.17, 15) is 14.4 Å². The van der Waals surface area contributed by atoms with Crippen LogP contribution in [0.4, 0.5) is 0 Å². The molecule has 69 valence electrons. The Bertz CT molecular complexity index is 171. The molecule has 0 aromatic heterocycles. The number of aliphatic hydroxyl groups excluding tert-OH is 1. The van der Waals surface area contributed by atoms with Gasteiger partial charge in [0, 0.05) is 6.15 Å². The fourth-order valence-corrected chi connectivity index (χ4v) is 0.408. The highest BCUT2D eigenvalue weighted by molar-refractivity contribution is 6.58. The molecule has 0 saturated carbocycles. The van der Waals surface area contributed by atoms with Gasteiger partial charge in [-0.2, -0.15) is 0 Å². The van der Waals surface area contributed by atoms with Crippen molar-refractivity contribution in [1.82, 2.24) is 6.15 Å². The molecule has 0 spiro atoms. The number of aldehydes is 1. The van der Waals surface area contributed by atoms with Gasteiger partial charge < -0.3 is 5.11 Å². The maximum atomic E-state index is 10.5. The number of carbonyl (C=O) groups excluding carboxylic acids is 3. The molecule has 5 nitrogen and oxygen atoms in total. The molecule has 3 radical (unpaired) electrons. The lowest BCUT2D eigenvalue weighted by molar-refractivity contribution is -0.144. The van der Waals surface area contributed by atoms with E-state index >= 15 is 0 Å². The fraction of sp³-hybridized carbons (Fsp3) is 0.500. The largest absolute Gasteiger partial charge is 0.385 e. The summed E-state index contributed by atoms with van der Waals surface area (Å²) < 4.78 is 0. The van der Waals surface area contributed by atoms with Gasteiger partial charge in [-0.15, -0.1) is 12.4 Å². The molecule has 0 aromatic carbocycles. The first-order valence-electron chi connectivity index (χ1n) is 2.84. The summed E-state index contributed by atoms with van der Waals surface area (Å²) in [7, 11) is 0. The van der Waals surface area contributed by atoms with Crippen molar-refractivity contribution in [3.05, 3.63) is 0 Å². The predicted molar refractivity (Wildman–Crippen MR) is 41.8 cm³/mol. The quantitative estimate of drug-likeness (QED) is 0.354. The molecule has 0 amide bonds. The van der Waals surface area contributed by atoms with E-state index in [-0.39, 0.29) is 31.3 Å². The van der Waals surface area contributed by atoms with Gasteiger partial charge in [-0.25, -0.2) is 0 Å². The molecular weight excluding hydrogens is 186 g/mol. The van der Waals surface area contributed by atoms with Gasteiger partial charge in [0.2, 0.25) is 5.78 Å². The Morgan fingerprint density at radius 1 is 1.50 bits per heavy atom. The number of halogens is 1. The first-order chi connectivity index (χ1) is 4.63. The summed E-state index contributed by atoms with van der Waals surface area (Å²) in [6.07, 6.45) is -1.27. The first-order valence-corrected chi connectivity index (χ1v) is 2.84. The Labute approximate surface area is 76.1 Å². The topological polar surface area (TPSA) is 102 Å². The molecule has 0 aliphatic rings. The second kappa shape index (κ2) is 8.32. The smallest absolute Gasteiger partial charge is 0.263 e. The predicted octanol–water partition coefficient (Wildman–Crippen LogP) is -0.964. The van der Waals surface area contributed by atoms with Gasteiger partial charge in [-0.3, -0.25) is 14.4 Å². The second-order valence-corrected chi connectivity index (χ2v) is 1.77. The Balaban J connectivity index is -0.000000405. The normalized spacial score (nSPS) is 10.2. The molecule has 1 atom stereocenters. The second-order valence-electron chi connectivity index (χ2n) is 1.77. The summed E-state index contributed by atoms with van der Waals surface area (Å²) in [5.74, 6) is -2.20. The molecule has 0 fully saturated rings. The molecule has 0 heterocycles. The van der Waals surface area contributed by atoms with E-state index < -0.39 is 17.7 Å². The number of rotatable bonds is 4. The standard InChI is InChI=1S/C6H8O4.ClH.N/c1-2-4(8)6(10)5(9)3-7;;/h3-4,8H,2H2,1H3;1H;. The van der Waals surface area contributed by atoms with Crippen LogP contribution in [-0.2, 0) is 14.4 Å². The van der Waals surface area contributed by atoms with Crippen LogP contribution in [0.15, 0.2) is 0 Å². The third kappa shape index (κ3) is 4.95. The number of hydrogen-bond acceptors (Lipinski definition) is 4. The molecule has 1 N–H and O–H groups in total. The molecule has 12 heavy (non-hydrogen) atoms. The van der Waals surface area contributed by atoms with E-state index in [1.165, 1.54) is 0 Å². The Morgan fingerprint density at radius 3 is 2.17 bits per heavy atom. The summed E-state index contributed by atoms with van der Waals surface area (Å²) in [6.45, 7) is 1.54. The van der Waals surface area contributed by atoms with E-state index in [2.05, 4.69) is 0 Å². The third-order valence-electron chi connectivity index (χ3n) is 1.04. The highest BCUT2D eigenvalue weighted by atomic mass is 35.5. The van der Waals surface area contributed by atoms with Crippen LogP contribution in [0.25, 0.3) is 0 Å². The molecule has 6 heteroatoms. The van der Waals surface area contributed by atoms with Crippen molar-refractivity contribution in [1.29, 1.82) is 0 Å². The maximum Gasteiger partial charge on any atom is 0.263 e. The van der Waals surface area contributed by atoms with Gasteiger partial charge in [-0.05, 0) is 6.42 Å². The summed E-state index contributed by atoms with van der Waals surface area (Å²) in [5, 5.41) is 8.70. The average molecular weight is 195 g/mol. The zero-order chi connectivity index (χ0) is 8.15. The van der Waals surface area contributed by atoms with Gasteiger partial charge in [0.25, 0.3) is 5.78 Å². The van der Waals surface area contributed by atoms with Gasteiger partial charge in [0.1, 0.15) is 6.10 Å².